The van der Waals surface area contributed by atoms with Crippen LogP contribution in [0.4, 0.5) is 0 Å². The summed E-state index contributed by atoms with van der Waals surface area (Å²) in [7, 11) is -1.03. The third kappa shape index (κ3) is 6.33. The van der Waals surface area contributed by atoms with E-state index < -0.39 is 13.9 Å². The molecule has 27 heavy (non-hydrogen) atoms. The summed E-state index contributed by atoms with van der Waals surface area (Å²) in [5.41, 5.74) is 3.87. The van der Waals surface area contributed by atoms with Gasteiger partial charge in [-0.05, 0) is 37.1 Å². The van der Waals surface area contributed by atoms with Gasteiger partial charge in [-0.25, -0.2) is 0 Å². The van der Waals surface area contributed by atoms with Crippen molar-refractivity contribution in [1.29, 1.82) is 0 Å². The van der Waals surface area contributed by atoms with Crippen molar-refractivity contribution in [1.82, 2.24) is 0 Å². The molecular formula is C23H25O2PPd. The molecule has 0 spiro atoms. The van der Waals surface area contributed by atoms with E-state index in [1.807, 2.05) is 0 Å². The fraction of sp³-hybridized carbons (Fsp3) is 0.130. The maximum Gasteiger partial charge on any atom is 0.300 e. The van der Waals surface area contributed by atoms with Crippen molar-refractivity contribution in [2.45, 2.75) is 20.8 Å². The van der Waals surface area contributed by atoms with E-state index in [9.17, 15) is 0 Å². The van der Waals surface area contributed by atoms with Crippen LogP contribution in [0.2, 0.25) is 0 Å². The van der Waals surface area contributed by atoms with Crippen molar-refractivity contribution in [2.75, 3.05) is 0 Å². The summed E-state index contributed by atoms with van der Waals surface area (Å²) in [5, 5.41) is 11.7. The predicted molar refractivity (Wildman–Crippen MR) is 114 cm³/mol. The maximum atomic E-state index is 9.00. The summed E-state index contributed by atoms with van der Waals surface area (Å²) in [6.07, 6.45) is 0. The van der Waals surface area contributed by atoms with Gasteiger partial charge in [0.1, 0.15) is 0 Å². The molecule has 144 valence electrons. The molecule has 0 aromatic heterocycles. The Labute approximate surface area is 177 Å². The first kappa shape index (κ1) is 23.1. The van der Waals surface area contributed by atoms with Gasteiger partial charge >= 0.3 is 0 Å². The average molecular weight is 471 g/mol. The Morgan fingerprint density at radius 2 is 1.11 bits per heavy atom. The van der Waals surface area contributed by atoms with Crippen LogP contribution in [0.5, 0.6) is 0 Å². The SMILES string of the molecule is CC(=O)O.[CH2-]c1ccccc1[PH+](c1ccccc1C)c1ccccc1C.[Pd]. The van der Waals surface area contributed by atoms with Gasteiger partial charge in [0.15, 0.2) is 0 Å². The molecule has 0 unspecified atom stereocenters. The molecule has 0 atom stereocenters. The fourth-order valence-electron chi connectivity index (χ4n) is 2.91. The van der Waals surface area contributed by atoms with Crippen LogP contribution in [0.1, 0.15) is 23.6 Å². The van der Waals surface area contributed by atoms with Gasteiger partial charge in [-0.3, -0.25) is 4.79 Å². The van der Waals surface area contributed by atoms with Crippen molar-refractivity contribution in [2.24, 2.45) is 0 Å². The van der Waals surface area contributed by atoms with Gasteiger partial charge in [-0.2, -0.15) is 18.6 Å². The number of benzene rings is 3. The molecule has 3 aromatic carbocycles. The molecule has 0 saturated carbocycles. The van der Waals surface area contributed by atoms with Crippen LogP contribution >= 0.6 is 7.92 Å². The first-order valence-corrected chi connectivity index (χ1v) is 10.0. The number of carboxylic acid groups (broad SMARTS) is 1. The second-order valence-corrected chi connectivity index (χ2v) is 8.55. The van der Waals surface area contributed by atoms with E-state index in [0.29, 0.717) is 0 Å². The smallest absolute Gasteiger partial charge is 0.300 e. The number of hydrogen-bond acceptors (Lipinski definition) is 1. The molecule has 0 amide bonds. The summed E-state index contributed by atoms with van der Waals surface area (Å²) in [5.74, 6) is -0.833. The Balaban J connectivity index is 0.000000666. The van der Waals surface area contributed by atoms with Crippen molar-refractivity contribution < 1.29 is 30.3 Å². The van der Waals surface area contributed by atoms with Crippen molar-refractivity contribution in [3.8, 4) is 0 Å². The molecule has 3 rings (SSSR count). The number of carboxylic acids is 1. The molecule has 3 aromatic rings. The van der Waals surface area contributed by atoms with E-state index in [-0.39, 0.29) is 20.4 Å². The number of carbonyl (C=O) groups is 1. The molecule has 0 aliphatic heterocycles. The molecule has 0 bridgehead atoms. The largest absolute Gasteiger partial charge is 0.481 e. The topological polar surface area (TPSA) is 37.3 Å². The van der Waals surface area contributed by atoms with Crippen LogP contribution in [0.25, 0.3) is 0 Å². The first-order valence-electron chi connectivity index (χ1n) is 8.51. The summed E-state index contributed by atoms with van der Waals surface area (Å²) in [6, 6.07) is 26.1. The number of rotatable bonds is 3. The van der Waals surface area contributed by atoms with Crippen molar-refractivity contribution in [3.63, 3.8) is 0 Å². The second kappa shape index (κ2) is 11.1. The Kier molecular flexibility index (Phi) is 9.47. The van der Waals surface area contributed by atoms with Gasteiger partial charge in [0.2, 0.25) is 0 Å². The third-order valence-electron chi connectivity index (χ3n) is 4.12. The minimum Gasteiger partial charge on any atom is -0.481 e. The van der Waals surface area contributed by atoms with E-state index in [1.165, 1.54) is 27.0 Å². The Bertz CT molecular complexity index is 781. The van der Waals surface area contributed by atoms with E-state index >= 15 is 0 Å². The minimum absolute atomic E-state index is 0. The van der Waals surface area contributed by atoms with E-state index in [0.717, 1.165) is 12.5 Å². The first-order chi connectivity index (χ1) is 12.4. The predicted octanol–water partition coefficient (Wildman–Crippen LogP) is 4.06. The molecule has 0 aliphatic rings. The normalized spacial score (nSPS) is 9.78. The van der Waals surface area contributed by atoms with Gasteiger partial charge in [0.25, 0.3) is 5.97 Å². The summed E-state index contributed by atoms with van der Waals surface area (Å²) in [6.45, 7) is 9.79. The zero-order chi connectivity index (χ0) is 19.1. The molecule has 0 radical (unpaired) electrons. The molecule has 4 heteroatoms. The fourth-order valence-corrected chi connectivity index (χ4v) is 5.93. The maximum absolute atomic E-state index is 9.00. The number of hydrogen-bond donors (Lipinski definition) is 1. The van der Waals surface area contributed by atoms with Gasteiger partial charge in [-0.15, -0.1) is 6.07 Å². The van der Waals surface area contributed by atoms with Gasteiger partial charge in [0, 0.05) is 32.7 Å². The van der Waals surface area contributed by atoms with Gasteiger partial charge < -0.3 is 5.11 Å². The molecule has 0 aliphatic carbocycles. The zero-order valence-electron chi connectivity index (χ0n) is 15.8. The van der Waals surface area contributed by atoms with Crippen LogP contribution in [-0.4, -0.2) is 11.1 Å². The van der Waals surface area contributed by atoms with Crippen LogP contribution in [0, 0.1) is 20.8 Å². The molecular weight excluding hydrogens is 446 g/mol. The van der Waals surface area contributed by atoms with Crippen LogP contribution < -0.4 is 15.9 Å². The van der Waals surface area contributed by atoms with E-state index in [2.05, 4.69) is 93.6 Å². The number of aryl methyl sites for hydroxylation is 2. The van der Waals surface area contributed by atoms with Crippen molar-refractivity contribution >= 4 is 29.8 Å². The quantitative estimate of drug-likeness (QED) is 0.356. The Hall–Kier alpha value is -1.91. The Morgan fingerprint density at radius 1 is 0.778 bits per heavy atom. The van der Waals surface area contributed by atoms with Crippen molar-refractivity contribution in [3.05, 3.63) is 96.4 Å². The molecule has 0 heterocycles. The summed E-state index contributed by atoms with van der Waals surface area (Å²) < 4.78 is 0. The average Bonchev–Trinajstić information content (AvgIpc) is 2.59. The summed E-state index contributed by atoms with van der Waals surface area (Å²) >= 11 is 0. The van der Waals surface area contributed by atoms with E-state index in [4.69, 9.17) is 9.90 Å². The second-order valence-electron chi connectivity index (χ2n) is 6.18. The van der Waals surface area contributed by atoms with Crippen LogP contribution in [0.15, 0.2) is 72.8 Å². The van der Waals surface area contributed by atoms with Gasteiger partial charge in [0.05, 0.1) is 18.5 Å². The van der Waals surface area contributed by atoms with Gasteiger partial charge in [-0.1, -0.05) is 48.5 Å². The molecule has 0 fully saturated rings. The standard InChI is InChI=1S/C21H20P.C2H4O2.Pd/c1-16-10-4-7-13-19(16)22(20-14-8-5-11-17(20)2)21-15-9-6-12-18(21)3;1-2(3)4;/h4-15H,1H2,2-3H3;1H3,(H,3,4);/q-1;;/p+1. The third-order valence-corrected chi connectivity index (χ3v) is 7.34. The zero-order valence-corrected chi connectivity index (χ0v) is 18.4. The molecule has 1 N–H and O–H groups in total. The Morgan fingerprint density at radius 3 is 1.48 bits per heavy atom. The van der Waals surface area contributed by atoms with Crippen LogP contribution in [0.3, 0.4) is 0 Å². The molecule has 0 saturated heterocycles. The number of aliphatic carboxylic acids is 1. The van der Waals surface area contributed by atoms with E-state index in [1.54, 1.807) is 0 Å². The minimum atomic E-state index is -1.03. The van der Waals surface area contributed by atoms with Crippen LogP contribution in [-0.2, 0) is 25.2 Å². The summed E-state index contributed by atoms with van der Waals surface area (Å²) in [4.78, 5) is 9.00. The monoisotopic (exact) mass is 470 g/mol. The molecule has 2 nitrogen and oxygen atoms in total.